The fourth-order valence-corrected chi connectivity index (χ4v) is 3.29. The lowest BCUT2D eigenvalue weighted by molar-refractivity contribution is -0.111. The van der Waals surface area contributed by atoms with Crippen LogP contribution in [-0.2, 0) is 11.8 Å². The molecule has 3 N–H and O–H groups in total. The van der Waals surface area contributed by atoms with E-state index in [1.807, 2.05) is 24.3 Å². The van der Waals surface area contributed by atoms with Crippen molar-refractivity contribution in [3.63, 3.8) is 0 Å². The second kappa shape index (κ2) is 9.61. The van der Waals surface area contributed by atoms with Crippen molar-refractivity contribution >= 4 is 50.7 Å². The Labute approximate surface area is 197 Å². The first kappa shape index (κ1) is 22.2. The molecule has 33 heavy (non-hydrogen) atoms. The molecule has 1 amide bonds. The molecule has 8 nitrogen and oxygen atoms in total. The van der Waals surface area contributed by atoms with Gasteiger partial charge >= 0.3 is 0 Å². The number of halogens is 2. The van der Waals surface area contributed by atoms with E-state index in [-0.39, 0.29) is 11.4 Å². The Morgan fingerprint density at radius 2 is 1.88 bits per heavy atom. The second-order valence-electron chi connectivity index (χ2n) is 6.98. The number of aromatic nitrogens is 4. The predicted octanol–water partition coefficient (Wildman–Crippen LogP) is 5.39. The number of hydrogen-bond donors (Lipinski definition) is 3. The van der Waals surface area contributed by atoms with Crippen molar-refractivity contribution < 1.29 is 9.18 Å². The molecule has 0 atom stereocenters. The summed E-state index contributed by atoms with van der Waals surface area (Å²) in [6, 6.07) is 12.2. The van der Waals surface area contributed by atoms with Crippen LogP contribution in [-0.4, -0.2) is 25.7 Å². The van der Waals surface area contributed by atoms with Crippen LogP contribution >= 0.6 is 15.9 Å². The topological polar surface area (TPSA) is 96.8 Å². The maximum atomic E-state index is 15.1. The molecule has 0 saturated carbocycles. The van der Waals surface area contributed by atoms with Crippen molar-refractivity contribution in [2.75, 3.05) is 16.0 Å². The van der Waals surface area contributed by atoms with E-state index in [0.717, 1.165) is 16.1 Å². The van der Waals surface area contributed by atoms with Gasteiger partial charge in [0, 0.05) is 29.5 Å². The Morgan fingerprint density at radius 1 is 1.12 bits per heavy atom. The van der Waals surface area contributed by atoms with Gasteiger partial charge in [-0.3, -0.25) is 9.48 Å². The zero-order valence-electron chi connectivity index (χ0n) is 17.5. The maximum Gasteiger partial charge on any atom is 0.247 e. The number of nitrogens with one attached hydrogen (secondary N) is 3. The van der Waals surface area contributed by atoms with Gasteiger partial charge < -0.3 is 16.0 Å². The molecular weight excluding hydrogens is 489 g/mol. The van der Waals surface area contributed by atoms with Crippen molar-refractivity contribution in [3.05, 3.63) is 84.0 Å². The van der Waals surface area contributed by atoms with E-state index in [4.69, 9.17) is 0 Å². The number of rotatable bonds is 7. The molecule has 2 heterocycles. The van der Waals surface area contributed by atoms with Gasteiger partial charge in [-0.25, -0.2) is 9.37 Å². The third kappa shape index (κ3) is 5.24. The standard InChI is InChI=1S/C23H19BrFN7O/c1-3-20(33)29-18-5-4-6-19(21(18)25)30-22-17(14-7-9-15(24)10-8-14)12-26-23(31-22)28-16-11-27-32(2)13-16/h3-13H,1H2,2H3,(H,29,33)(H2,26,28,30,31). The molecule has 0 saturated heterocycles. The van der Waals surface area contributed by atoms with Gasteiger partial charge in [-0.05, 0) is 35.9 Å². The molecular formula is C23H19BrFN7O. The molecule has 10 heteroatoms. The lowest BCUT2D eigenvalue weighted by Gasteiger charge is -2.15. The number of hydrogen-bond acceptors (Lipinski definition) is 6. The van der Waals surface area contributed by atoms with Crippen LogP contribution in [0.2, 0.25) is 0 Å². The van der Waals surface area contributed by atoms with Crippen LogP contribution in [0.15, 0.2) is 78.2 Å². The fraction of sp³-hybridized carbons (Fsp3) is 0.0435. The summed E-state index contributed by atoms with van der Waals surface area (Å²) < 4.78 is 17.7. The summed E-state index contributed by atoms with van der Waals surface area (Å²) in [6.07, 6.45) is 6.15. The Morgan fingerprint density at radius 3 is 2.58 bits per heavy atom. The highest BCUT2D eigenvalue weighted by Crippen LogP contribution is 2.32. The molecule has 4 rings (SSSR count). The van der Waals surface area contributed by atoms with Gasteiger partial charge in [-0.2, -0.15) is 10.1 Å². The van der Waals surface area contributed by atoms with Gasteiger partial charge in [-0.15, -0.1) is 0 Å². The van der Waals surface area contributed by atoms with Crippen LogP contribution in [0.4, 0.5) is 33.2 Å². The number of carbonyl (C=O) groups excluding carboxylic acids is 1. The van der Waals surface area contributed by atoms with E-state index >= 15 is 4.39 Å². The van der Waals surface area contributed by atoms with Crippen LogP contribution in [0.3, 0.4) is 0 Å². The molecule has 0 aliphatic rings. The molecule has 0 aliphatic heterocycles. The minimum atomic E-state index is -0.630. The summed E-state index contributed by atoms with van der Waals surface area (Å²) in [7, 11) is 1.80. The first-order chi connectivity index (χ1) is 15.9. The Hall–Kier alpha value is -4.05. The molecule has 0 spiro atoms. The average molecular weight is 508 g/mol. The highest BCUT2D eigenvalue weighted by atomic mass is 79.9. The van der Waals surface area contributed by atoms with E-state index in [9.17, 15) is 4.79 Å². The number of carbonyl (C=O) groups is 1. The smallest absolute Gasteiger partial charge is 0.247 e. The third-order valence-electron chi connectivity index (χ3n) is 4.60. The molecule has 0 radical (unpaired) electrons. The quantitative estimate of drug-likeness (QED) is 0.290. The van der Waals surface area contributed by atoms with Crippen molar-refractivity contribution in [1.29, 1.82) is 0 Å². The summed E-state index contributed by atoms with van der Waals surface area (Å²) in [5.74, 6) is -0.450. The number of aryl methyl sites for hydroxylation is 1. The molecule has 0 unspecified atom stereocenters. The normalized spacial score (nSPS) is 10.5. The Bertz CT molecular complexity index is 1320. The number of benzene rings is 2. The van der Waals surface area contributed by atoms with Gasteiger partial charge in [0.2, 0.25) is 11.9 Å². The monoisotopic (exact) mass is 507 g/mol. The van der Waals surface area contributed by atoms with E-state index < -0.39 is 11.7 Å². The Kier molecular flexibility index (Phi) is 6.45. The highest BCUT2D eigenvalue weighted by Gasteiger charge is 2.15. The van der Waals surface area contributed by atoms with E-state index in [1.54, 1.807) is 42.5 Å². The van der Waals surface area contributed by atoms with Gasteiger partial charge in [-0.1, -0.05) is 40.7 Å². The van der Waals surface area contributed by atoms with Gasteiger partial charge in [0.25, 0.3) is 0 Å². The van der Waals surface area contributed by atoms with Crippen molar-refractivity contribution in [1.82, 2.24) is 19.7 Å². The molecule has 0 aliphatic carbocycles. The Balaban J connectivity index is 1.73. The lowest BCUT2D eigenvalue weighted by Crippen LogP contribution is -2.10. The average Bonchev–Trinajstić information content (AvgIpc) is 3.21. The van der Waals surface area contributed by atoms with E-state index in [1.165, 1.54) is 6.07 Å². The van der Waals surface area contributed by atoms with Crippen LogP contribution < -0.4 is 16.0 Å². The minimum Gasteiger partial charge on any atom is -0.337 e. The number of amides is 1. The van der Waals surface area contributed by atoms with Crippen molar-refractivity contribution in [3.8, 4) is 11.1 Å². The van der Waals surface area contributed by atoms with Crippen LogP contribution in [0, 0.1) is 5.82 Å². The SMILES string of the molecule is C=CC(=O)Nc1cccc(Nc2nc(Nc3cnn(C)c3)ncc2-c2ccc(Br)cc2)c1F. The second-order valence-corrected chi connectivity index (χ2v) is 7.89. The van der Waals surface area contributed by atoms with E-state index in [2.05, 4.69) is 53.5 Å². The van der Waals surface area contributed by atoms with Crippen molar-refractivity contribution in [2.45, 2.75) is 0 Å². The van der Waals surface area contributed by atoms with Gasteiger partial charge in [0.1, 0.15) is 5.82 Å². The van der Waals surface area contributed by atoms with Crippen molar-refractivity contribution in [2.24, 2.45) is 7.05 Å². The molecule has 166 valence electrons. The van der Waals surface area contributed by atoms with Gasteiger partial charge in [0.05, 0.1) is 23.3 Å². The summed E-state index contributed by atoms with van der Waals surface area (Å²) >= 11 is 3.43. The maximum absolute atomic E-state index is 15.1. The number of nitrogens with zero attached hydrogens (tertiary/aromatic N) is 4. The number of anilines is 5. The fourth-order valence-electron chi connectivity index (χ4n) is 3.03. The summed E-state index contributed by atoms with van der Waals surface area (Å²) in [4.78, 5) is 20.6. The predicted molar refractivity (Wildman–Crippen MR) is 130 cm³/mol. The third-order valence-corrected chi connectivity index (χ3v) is 5.13. The molecule has 2 aromatic carbocycles. The zero-order chi connectivity index (χ0) is 23.4. The first-order valence-corrected chi connectivity index (χ1v) is 10.6. The largest absolute Gasteiger partial charge is 0.337 e. The van der Waals surface area contributed by atoms with Crippen LogP contribution in [0.1, 0.15) is 0 Å². The summed E-state index contributed by atoms with van der Waals surface area (Å²) in [5, 5.41) is 12.7. The molecule has 0 bridgehead atoms. The van der Waals surface area contributed by atoms with E-state index in [0.29, 0.717) is 23.0 Å². The summed E-state index contributed by atoms with van der Waals surface area (Å²) in [6.45, 7) is 3.39. The zero-order valence-corrected chi connectivity index (χ0v) is 19.1. The first-order valence-electron chi connectivity index (χ1n) is 9.80. The van der Waals surface area contributed by atoms with Crippen LogP contribution in [0.5, 0.6) is 0 Å². The molecule has 2 aromatic heterocycles. The van der Waals surface area contributed by atoms with Crippen LogP contribution in [0.25, 0.3) is 11.1 Å². The molecule has 0 fully saturated rings. The minimum absolute atomic E-state index is 0.0258. The van der Waals surface area contributed by atoms with Gasteiger partial charge in [0.15, 0.2) is 5.82 Å². The summed E-state index contributed by atoms with van der Waals surface area (Å²) in [5.41, 5.74) is 2.38. The lowest BCUT2D eigenvalue weighted by atomic mass is 10.1. The highest BCUT2D eigenvalue weighted by molar-refractivity contribution is 9.10. The molecule has 4 aromatic rings.